The monoisotopic (exact) mass is 445 g/mol. The smallest absolute Gasteiger partial charge is 0.470 e. The van der Waals surface area contributed by atoms with Gasteiger partial charge in [0.15, 0.2) is 6.23 Å². The van der Waals surface area contributed by atoms with Gasteiger partial charge in [-0.05, 0) is 55.2 Å². The van der Waals surface area contributed by atoms with Crippen LogP contribution >= 0.6 is 0 Å². The molecular weight excluding hydrogens is 427 g/mol. The molecule has 32 heavy (non-hydrogen) atoms. The molecule has 2 heterocycles. The summed E-state index contributed by atoms with van der Waals surface area (Å²) < 4.78 is 52.6. The molecule has 1 saturated carbocycles. The second-order valence-corrected chi connectivity index (χ2v) is 7.74. The van der Waals surface area contributed by atoms with Crippen molar-refractivity contribution in [1.82, 2.24) is 15.1 Å². The number of halogens is 3. The zero-order valence-electron chi connectivity index (χ0n) is 16.9. The molecule has 1 amide bonds. The van der Waals surface area contributed by atoms with Crippen molar-refractivity contribution in [3.63, 3.8) is 0 Å². The molecule has 1 aliphatic carbocycles. The summed E-state index contributed by atoms with van der Waals surface area (Å²) in [5, 5.41) is 8.08. The molecule has 0 saturated heterocycles. The second kappa shape index (κ2) is 7.54. The number of nitrogens with zero attached hydrogens (tertiary/aromatic N) is 3. The average Bonchev–Trinajstić information content (AvgIpc) is 3.49. The molecule has 1 atom stereocenters. The number of aromatic nitrogens is 2. The highest BCUT2D eigenvalue weighted by molar-refractivity contribution is 5.99. The lowest BCUT2D eigenvalue weighted by atomic mass is 10.0. The molecule has 166 valence electrons. The zero-order chi connectivity index (χ0) is 22.5. The first-order chi connectivity index (χ1) is 15.3. The van der Waals surface area contributed by atoms with Crippen LogP contribution in [-0.2, 0) is 6.54 Å². The van der Waals surface area contributed by atoms with E-state index in [1.165, 1.54) is 29.2 Å². The summed E-state index contributed by atoms with van der Waals surface area (Å²) in [6.45, 7) is 1.87. The molecule has 0 N–H and O–H groups in total. The average molecular weight is 445 g/mol. The number of fused-ring (bicyclic) bond motifs is 1. The van der Waals surface area contributed by atoms with Crippen LogP contribution < -0.4 is 9.47 Å². The van der Waals surface area contributed by atoms with Gasteiger partial charge in [-0.2, -0.15) is 0 Å². The van der Waals surface area contributed by atoms with Gasteiger partial charge in [0.05, 0.1) is 5.56 Å². The highest BCUT2D eigenvalue weighted by Gasteiger charge is 2.34. The van der Waals surface area contributed by atoms with E-state index in [1.807, 2.05) is 0 Å². The Labute approximate surface area is 180 Å². The molecule has 2 aliphatic rings. The van der Waals surface area contributed by atoms with E-state index in [2.05, 4.69) is 14.9 Å². The molecule has 3 aromatic rings. The van der Waals surface area contributed by atoms with Crippen molar-refractivity contribution in [2.75, 3.05) is 0 Å². The topological polar surface area (TPSA) is 77.7 Å². The van der Waals surface area contributed by atoms with Gasteiger partial charge in [0.25, 0.3) is 5.91 Å². The molecular formula is C22H18F3N3O4. The minimum atomic E-state index is -4.75. The van der Waals surface area contributed by atoms with Gasteiger partial charge in [-0.1, -0.05) is 18.2 Å². The largest absolute Gasteiger partial charge is 0.573 e. The maximum Gasteiger partial charge on any atom is 0.573 e. The first-order valence-corrected chi connectivity index (χ1v) is 10.1. The maximum atomic E-state index is 13.2. The second-order valence-electron chi connectivity index (χ2n) is 7.74. The third kappa shape index (κ3) is 4.12. The van der Waals surface area contributed by atoms with Crippen LogP contribution in [0.1, 0.15) is 47.8 Å². The first kappa shape index (κ1) is 20.3. The maximum absolute atomic E-state index is 13.2. The lowest BCUT2D eigenvalue weighted by Gasteiger charge is -2.34. The first-order valence-electron chi connectivity index (χ1n) is 10.1. The summed E-state index contributed by atoms with van der Waals surface area (Å²) >= 11 is 0. The van der Waals surface area contributed by atoms with Crippen LogP contribution in [0.4, 0.5) is 13.2 Å². The van der Waals surface area contributed by atoms with E-state index in [4.69, 9.17) is 9.15 Å². The van der Waals surface area contributed by atoms with Crippen LogP contribution in [0.3, 0.4) is 0 Å². The van der Waals surface area contributed by atoms with Crippen molar-refractivity contribution in [3.05, 3.63) is 59.8 Å². The summed E-state index contributed by atoms with van der Waals surface area (Å²) in [5.74, 6) is 1.11. The number of carbonyl (C=O) groups is 1. The van der Waals surface area contributed by atoms with Crippen molar-refractivity contribution in [2.24, 2.45) is 0 Å². The van der Waals surface area contributed by atoms with Crippen LogP contribution in [0.5, 0.6) is 11.5 Å². The van der Waals surface area contributed by atoms with Gasteiger partial charge in [0.2, 0.25) is 11.8 Å². The Bertz CT molecular complexity index is 1160. The Kier molecular flexibility index (Phi) is 4.79. The highest BCUT2D eigenvalue weighted by Crippen LogP contribution is 2.39. The van der Waals surface area contributed by atoms with Crippen molar-refractivity contribution in [1.29, 1.82) is 0 Å². The minimum Gasteiger partial charge on any atom is -0.470 e. The Hall–Kier alpha value is -3.56. The van der Waals surface area contributed by atoms with Crippen LogP contribution in [0, 0.1) is 0 Å². The van der Waals surface area contributed by atoms with Gasteiger partial charge >= 0.3 is 6.36 Å². The number of amides is 1. The van der Waals surface area contributed by atoms with Gasteiger partial charge in [0, 0.05) is 5.92 Å². The van der Waals surface area contributed by atoms with E-state index in [0.29, 0.717) is 40.1 Å². The van der Waals surface area contributed by atoms with Crippen LogP contribution in [0.2, 0.25) is 0 Å². The summed E-state index contributed by atoms with van der Waals surface area (Å²) in [6.07, 6.45) is -3.22. The van der Waals surface area contributed by atoms with Crippen LogP contribution in [0.25, 0.3) is 11.1 Å². The molecule has 1 unspecified atom stereocenters. The predicted octanol–water partition coefficient (Wildman–Crippen LogP) is 4.89. The Morgan fingerprint density at radius 2 is 1.81 bits per heavy atom. The molecule has 0 bridgehead atoms. The fourth-order valence-electron chi connectivity index (χ4n) is 3.57. The normalized spacial score (nSPS) is 18.3. The summed E-state index contributed by atoms with van der Waals surface area (Å²) in [6, 6.07) is 10.5. The Morgan fingerprint density at radius 1 is 1.09 bits per heavy atom. The molecule has 1 fully saturated rings. The van der Waals surface area contributed by atoms with E-state index in [9.17, 15) is 18.0 Å². The standard InChI is InChI=1S/C22H18F3N3O4/c1-12-28(11-19-26-27-20(31-19)14-2-3-14)21(29)17-10-15(6-9-18(17)30-12)13-4-7-16(8-5-13)32-22(23,24)25/h4-10,12,14H,2-3,11H2,1H3. The number of alkyl halides is 3. The van der Waals surface area contributed by atoms with E-state index in [-0.39, 0.29) is 18.2 Å². The summed E-state index contributed by atoms with van der Waals surface area (Å²) in [7, 11) is 0. The number of ether oxygens (including phenoxy) is 2. The third-order valence-corrected chi connectivity index (χ3v) is 5.34. The number of hydrogen-bond donors (Lipinski definition) is 0. The van der Waals surface area contributed by atoms with E-state index in [0.717, 1.165) is 12.8 Å². The fourth-order valence-corrected chi connectivity index (χ4v) is 3.57. The summed E-state index contributed by atoms with van der Waals surface area (Å²) in [5.41, 5.74) is 1.63. The van der Waals surface area contributed by atoms with E-state index < -0.39 is 12.6 Å². The highest BCUT2D eigenvalue weighted by atomic mass is 19.4. The molecule has 0 radical (unpaired) electrons. The van der Waals surface area contributed by atoms with Crippen molar-refractivity contribution < 1.29 is 31.9 Å². The van der Waals surface area contributed by atoms with Crippen molar-refractivity contribution in [2.45, 2.75) is 44.8 Å². The molecule has 2 aromatic carbocycles. The lowest BCUT2D eigenvalue weighted by molar-refractivity contribution is -0.274. The lowest BCUT2D eigenvalue weighted by Crippen LogP contribution is -2.45. The predicted molar refractivity (Wildman–Crippen MR) is 105 cm³/mol. The van der Waals surface area contributed by atoms with E-state index in [1.54, 1.807) is 25.1 Å². The van der Waals surface area contributed by atoms with E-state index >= 15 is 0 Å². The van der Waals surface area contributed by atoms with Gasteiger partial charge in [-0.3, -0.25) is 9.69 Å². The Morgan fingerprint density at radius 3 is 2.50 bits per heavy atom. The van der Waals surface area contributed by atoms with Gasteiger partial charge in [-0.15, -0.1) is 23.4 Å². The number of carbonyl (C=O) groups excluding carboxylic acids is 1. The van der Waals surface area contributed by atoms with Crippen molar-refractivity contribution in [3.8, 4) is 22.6 Å². The van der Waals surface area contributed by atoms with Gasteiger partial charge in [0.1, 0.15) is 18.0 Å². The summed E-state index contributed by atoms with van der Waals surface area (Å²) in [4.78, 5) is 14.7. The number of hydrogen-bond acceptors (Lipinski definition) is 6. The molecule has 1 aromatic heterocycles. The minimum absolute atomic E-state index is 0.118. The van der Waals surface area contributed by atoms with Crippen LogP contribution in [-0.4, -0.2) is 33.6 Å². The quantitative estimate of drug-likeness (QED) is 0.556. The van der Waals surface area contributed by atoms with Gasteiger partial charge in [-0.25, -0.2) is 0 Å². The Balaban J connectivity index is 1.37. The molecule has 7 nitrogen and oxygen atoms in total. The number of benzene rings is 2. The van der Waals surface area contributed by atoms with Gasteiger partial charge < -0.3 is 13.9 Å². The zero-order valence-corrected chi connectivity index (χ0v) is 16.9. The molecule has 10 heteroatoms. The molecule has 0 spiro atoms. The fraction of sp³-hybridized carbons (Fsp3) is 0.318. The SMILES string of the molecule is CC1Oc2ccc(-c3ccc(OC(F)(F)F)cc3)cc2C(=O)N1Cc1nnc(C2CC2)o1. The third-order valence-electron chi connectivity index (χ3n) is 5.34. The van der Waals surface area contributed by atoms with Crippen molar-refractivity contribution >= 4 is 5.91 Å². The molecule has 1 aliphatic heterocycles. The molecule has 5 rings (SSSR count). The number of rotatable bonds is 5. The van der Waals surface area contributed by atoms with Crippen LogP contribution in [0.15, 0.2) is 46.9 Å².